The first kappa shape index (κ1) is 14.0. The largest absolute Gasteiger partial charge is 0.481 e. The van der Waals surface area contributed by atoms with E-state index in [4.69, 9.17) is 5.11 Å². The van der Waals surface area contributed by atoms with Crippen molar-refractivity contribution in [3.8, 4) is 0 Å². The second-order valence-corrected chi connectivity index (χ2v) is 7.13. The molecule has 20 heavy (non-hydrogen) atoms. The van der Waals surface area contributed by atoms with Crippen LogP contribution < -0.4 is 5.32 Å². The van der Waals surface area contributed by atoms with E-state index in [1.54, 1.807) is 11.3 Å². The number of fused-ring (bicyclic) bond motifs is 1. The summed E-state index contributed by atoms with van der Waals surface area (Å²) in [5.74, 6) is -0.750. The topological polar surface area (TPSA) is 52.6 Å². The van der Waals surface area contributed by atoms with E-state index in [-0.39, 0.29) is 6.42 Å². The van der Waals surface area contributed by atoms with Gasteiger partial charge in [0.05, 0.1) is 6.42 Å². The highest BCUT2D eigenvalue weighted by Gasteiger charge is 2.31. The van der Waals surface area contributed by atoms with Gasteiger partial charge >= 0.3 is 5.97 Å². The molecule has 2 unspecified atom stereocenters. The Hall–Kier alpha value is -0.910. The predicted molar refractivity (Wildman–Crippen MR) is 80.1 cm³/mol. The fourth-order valence-electron chi connectivity index (χ4n) is 3.42. The monoisotopic (exact) mass is 294 g/mol. The molecular weight excluding hydrogens is 272 g/mol. The summed E-state index contributed by atoms with van der Waals surface area (Å²) in [5.41, 5.74) is 0. The molecule has 110 valence electrons. The average molecular weight is 294 g/mol. The number of nitrogens with zero attached hydrogens (tertiary/aromatic N) is 1. The number of carboxylic acid groups (broad SMARTS) is 1. The average Bonchev–Trinajstić information content (AvgIpc) is 3.03. The highest BCUT2D eigenvalue weighted by molar-refractivity contribution is 7.12. The number of thiophene rings is 1. The molecule has 2 fully saturated rings. The minimum Gasteiger partial charge on any atom is -0.481 e. The van der Waals surface area contributed by atoms with E-state index >= 15 is 0 Å². The molecule has 3 rings (SSSR count). The molecule has 5 heteroatoms. The van der Waals surface area contributed by atoms with E-state index < -0.39 is 5.97 Å². The van der Waals surface area contributed by atoms with Crippen molar-refractivity contribution in [3.05, 3.63) is 21.9 Å². The molecule has 1 aromatic rings. The zero-order valence-corrected chi connectivity index (χ0v) is 12.5. The van der Waals surface area contributed by atoms with Crippen molar-refractivity contribution in [2.45, 2.75) is 50.7 Å². The van der Waals surface area contributed by atoms with E-state index in [1.807, 2.05) is 6.07 Å². The lowest BCUT2D eigenvalue weighted by molar-refractivity contribution is -0.136. The Kier molecular flexibility index (Phi) is 4.38. The van der Waals surface area contributed by atoms with Gasteiger partial charge in [0, 0.05) is 28.4 Å². The van der Waals surface area contributed by atoms with Gasteiger partial charge in [-0.2, -0.15) is 0 Å². The van der Waals surface area contributed by atoms with Crippen molar-refractivity contribution in [2.24, 2.45) is 0 Å². The molecule has 0 radical (unpaired) electrons. The Morgan fingerprint density at radius 3 is 3.05 bits per heavy atom. The van der Waals surface area contributed by atoms with Gasteiger partial charge in [0.25, 0.3) is 0 Å². The second-order valence-electron chi connectivity index (χ2n) is 5.87. The summed E-state index contributed by atoms with van der Waals surface area (Å²) < 4.78 is 0. The summed E-state index contributed by atoms with van der Waals surface area (Å²) in [7, 11) is 0. The number of carboxylic acids is 1. The van der Waals surface area contributed by atoms with Crippen LogP contribution in [0, 0.1) is 0 Å². The van der Waals surface area contributed by atoms with Gasteiger partial charge in [-0.3, -0.25) is 4.79 Å². The van der Waals surface area contributed by atoms with Crippen molar-refractivity contribution >= 4 is 17.3 Å². The molecule has 0 saturated carbocycles. The lowest BCUT2D eigenvalue weighted by Crippen LogP contribution is -2.45. The first-order chi connectivity index (χ1) is 9.70. The molecule has 0 spiro atoms. The van der Waals surface area contributed by atoms with Crippen LogP contribution in [0.2, 0.25) is 0 Å². The van der Waals surface area contributed by atoms with Gasteiger partial charge in [0.15, 0.2) is 0 Å². The van der Waals surface area contributed by atoms with E-state index in [2.05, 4.69) is 16.3 Å². The molecular formula is C15H22N2O2S. The molecule has 2 N–H and O–H groups in total. The fraction of sp³-hybridized carbons (Fsp3) is 0.667. The maximum atomic E-state index is 10.7. The molecule has 0 aliphatic carbocycles. The van der Waals surface area contributed by atoms with Crippen LogP contribution in [0.25, 0.3) is 0 Å². The Morgan fingerprint density at radius 1 is 1.35 bits per heavy atom. The van der Waals surface area contributed by atoms with Crippen molar-refractivity contribution in [3.63, 3.8) is 0 Å². The third-order valence-electron chi connectivity index (χ3n) is 4.43. The molecule has 0 aromatic carbocycles. The van der Waals surface area contributed by atoms with Gasteiger partial charge in [0.1, 0.15) is 0 Å². The normalized spacial score (nSPS) is 26.6. The van der Waals surface area contributed by atoms with E-state index in [9.17, 15) is 4.79 Å². The molecule has 3 heterocycles. The van der Waals surface area contributed by atoms with Crippen molar-refractivity contribution in [1.29, 1.82) is 0 Å². The molecule has 2 atom stereocenters. The zero-order chi connectivity index (χ0) is 13.9. The number of rotatable bonds is 5. The Morgan fingerprint density at radius 2 is 2.20 bits per heavy atom. The van der Waals surface area contributed by atoms with Crippen molar-refractivity contribution in [1.82, 2.24) is 10.2 Å². The third-order valence-corrected chi connectivity index (χ3v) is 5.51. The minimum absolute atomic E-state index is 0.144. The number of hydrogen-bond donors (Lipinski definition) is 2. The molecule has 2 saturated heterocycles. The second kappa shape index (κ2) is 6.24. The van der Waals surface area contributed by atoms with Gasteiger partial charge in [-0.25, -0.2) is 0 Å². The molecule has 0 bridgehead atoms. The summed E-state index contributed by atoms with van der Waals surface area (Å²) in [6, 6.07) is 5.42. The van der Waals surface area contributed by atoms with Crippen LogP contribution in [-0.4, -0.2) is 41.1 Å². The predicted octanol–water partition coefficient (Wildman–Crippen LogP) is 2.09. The number of hydrogen-bond acceptors (Lipinski definition) is 4. The van der Waals surface area contributed by atoms with Crippen LogP contribution in [0.4, 0.5) is 0 Å². The zero-order valence-electron chi connectivity index (χ0n) is 11.7. The minimum atomic E-state index is -0.750. The van der Waals surface area contributed by atoms with Gasteiger partial charge in [-0.05, 0) is 50.9 Å². The van der Waals surface area contributed by atoms with Crippen LogP contribution in [-0.2, 0) is 17.8 Å². The molecule has 4 nitrogen and oxygen atoms in total. The SMILES string of the molecule is O=C(O)Cc1ccc(CNC2CCN3CCCC3C2)s1. The highest BCUT2D eigenvalue weighted by atomic mass is 32.1. The lowest BCUT2D eigenvalue weighted by atomic mass is 9.97. The van der Waals surface area contributed by atoms with E-state index in [1.165, 1.54) is 43.6 Å². The summed E-state index contributed by atoms with van der Waals surface area (Å²) in [6.07, 6.45) is 5.38. The first-order valence-electron chi connectivity index (χ1n) is 7.47. The number of aliphatic carboxylic acids is 1. The summed E-state index contributed by atoms with van der Waals surface area (Å²) in [4.78, 5) is 15.5. The van der Waals surface area contributed by atoms with Crippen LogP contribution in [0.5, 0.6) is 0 Å². The maximum absolute atomic E-state index is 10.7. The molecule has 2 aliphatic rings. The summed E-state index contributed by atoms with van der Waals surface area (Å²) in [6.45, 7) is 3.40. The van der Waals surface area contributed by atoms with Crippen LogP contribution in [0.1, 0.15) is 35.4 Å². The summed E-state index contributed by atoms with van der Waals surface area (Å²) in [5, 5.41) is 12.4. The van der Waals surface area contributed by atoms with Gasteiger partial charge in [0.2, 0.25) is 0 Å². The summed E-state index contributed by atoms with van der Waals surface area (Å²) >= 11 is 1.62. The van der Waals surface area contributed by atoms with Crippen LogP contribution >= 0.6 is 11.3 Å². The Balaban J connectivity index is 1.47. The standard InChI is InChI=1S/C15H22N2O2S/c18-15(19)9-13-3-4-14(20-13)10-16-11-5-7-17-6-1-2-12(17)8-11/h3-4,11-12,16H,1-2,5-10H2,(H,18,19). The van der Waals surface area contributed by atoms with Crippen LogP contribution in [0.15, 0.2) is 12.1 Å². The van der Waals surface area contributed by atoms with Crippen molar-refractivity contribution < 1.29 is 9.90 Å². The number of nitrogens with one attached hydrogen (secondary N) is 1. The third kappa shape index (κ3) is 3.40. The van der Waals surface area contributed by atoms with Crippen molar-refractivity contribution in [2.75, 3.05) is 13.1 Å². The first-order valence-corrected chi connectivity index (χ1v) is 8.29. The highest BCUT2D eigenvalue weighted by Crippen LogP contribution is 2.27. The van der Waals surface area contributed by atoms with E-state index in [0.717, 1.165) is 17.5 Å². The van der Waals surface area contributed by atoms with Crippen LogP contribution in [0.3, 0.4) is 0 Å². The lowest BCUT2D eigenvalue weighted by Gasteiger charge is -2.35. The Bertz CT molecular complexity index is 474. The number of carbonyl (C=O) groups is 1. The van der Waals surface area contributed by atoms with Gasteiger partial charge in [-0.15, -0.1) is 11.3 Å². The molecule has 1 aromatic heterocycles. The quantitative estimate of drug-likeness (QED) is 0.873. The maximum Gasteiger partial charge on any atom is 0.308 e. The van der Waals surface area contributed by atoms with Gasteiger partial charge < -0.3 is 15.3 Å². The van der Waals surface area contributed by atoms with E-state index in [0.29, 0.717) is 6.04 Å². The smallest absolute Gasteiger partial charge is 0.308 e. The Labute approximate surface area is 123 Å². The molecule has 0 amide bonds. The fourth-order valence-corrected chi connectivity index (χ4v) is 4.38. The van der Waals surface area contributed by atoms with Gasteiger partial charge in [-0.1, -0.05) is 0 Å². The number of piperidine rings is 1. The molecule has 2 aliphatic heterocycles.